The van der Waals surface area contributed by atoms with Crippen molar-refractivity contribution in [3.63, 3.8) is 0 Å². The van der Waals surface area contributed by atoms with Crippen molar-refractivity contribution in [1.29, 1.82) is 0 Å². The highest BCUT2D eigenvalue weighted by atomic mass is 19.4. The summed E-state index contributed by atoms with van der Waals surface area (Å²) in [6.07, 6.45) is -2.73. The number of nitrogens with zero attached hydrogens (tertiary/aromatic N) is 3. The lowest BCUT2D eigenvalue weighted by Gasteiger charge is -2.17. The Morgan fingerprint density at radius 2 is 1.90 bits per heavy atom. The van der Waals surface area contributed by atoms with Crippen LogP contribution in [0.25, 0.3) is 11.4 Å². The fourth-order valence-electron chi connectivity index (χ4n) is 2.26. The van der Waals surface area contributed by atoms with Crippen LogP contribution < -0.4 is 5.73 Å². The molecule has 106 valence electrons. The summed E-state index contributed by atoms with van der Waals surface area (Å²) in [6, 6.07) is 4.93. The molecule has 1 aliphatic heterocycles. The van der Waals surface area contributed by atoms with E-state index in [1.54, 1.807) is 4.68 Å². The van der Waals surface area contributed by atoms with Gasteiger partial charge in [-0.15, -0.1) is 0 Å². The first-order valence-corrected chi connectivity index (χ1v) is 6.30. The standard InChI is InChI=1S/C13H13F3N4/c14-13(15,16)9-3-1-8(2-4-9)12-18-11-6-5-10(17)7-20(11)19-12/h1-4,10H,5-7,17H2. The molecule has 0 amide bonds. The monoisotopic (exact) mass is 282 g/mol. The highest BCUT2D eigenvalue weighted by Gasteiger charge is 2.30. The third-order valence-corrected chi connectivity index (χ3v) is 3.36. The van der Waals surface area contributed by atoms with E-state index in [1.165, 1.54) is 12.1 Å². The van der Waals surface area contributed by atoms with Crippen molar-refractivity contribution in [1.82, 2.24) is 14.8 Å². The predicted molar refractivity (Wildman–Crippen MR) is 66.8 cm³/mol. The normalized spacial score (nSPS) is 18.9. The molecule has 1 aliphatic rings. The molecule has 2 heterocycles. The van der Waals surface area contributed by atoms with Gasteiger partial charge in [0.25, 0.3) is 0 Å². The molecule has 1 aromatic heterocycles. The van der Waals surface area contributed by atoms with Crippen LogP contribution in [0.5, 0.6) is 0 Å². The molecule has 4 nitrogen and oxygen atoms in total. The Morgan fingerprint density at radius 1 is 1.20 bits per heavy atom. The first kappa shape index (κ1) is 13.1. The van der Waals surface area contributed by atoms with Gasteiger partial charge in [-0.1, -0.05) is 12.1 Å². The van der Waals surface area contributed by atoms with Gasteiger partial charge >= 0.3 is 6.18 Å². The largest absolute Gasteiger partial charge is 0.416 e. The van der Waals surface area contributed by atoms with Crippen molar-refractivity contribution in [3.8, 4) is 11.4 Å². The molecular formula is C13H13F3N4. The minimum absolute atomic E-state index is 0.0599. The Labute approximate surface area is 113 Å². The molecule has 1 aromatic carbocycles. The molecule has 0 saturated heterocycles. The Kier molecular flexibility index (Phi) is 3.01. The molecule has 1 unspecified atom stereocenters. The van der Waals surface area contributed by atoms with Gasteiger partial charge in [-0.05, 0) is 18.6 Å². The van der Waals surface area contributed by atoms with E-state index in [9.17, 15) is 13.2 Å². The number of nitrogens with two attached hydrogens (primary N) is 1. The summed E-state index contributed by atoms with van der Waals surface area (Å²) < 4.78 is 39.2. The zero-order valence-electron chi connectivity index (χ0n) is 10.6. The average molecular weight is 282 g/mol. The van der Waals surface area contributed by atoms with E-state index in [2.05, 4.69) is 10.1 Å². The van der Waals surface area contributed by atoms with Crippen LogP contribution in [0, 0.1) is 0 Å². The van der Waals surface area contributed by atoms with Gasteiger partial charge in [0, 0.05) is 18.0 Å². The fraction of sp³-hybridized carbons (Fsp3) is 0.385. The topological polar surface area (TPSA) is 56.7 Å². The zero-order chi connectivity index (χ0) is 14.3. The number of aromatic nitrogens is 3. The molecule has 0 spiro atoms. The quantitative estimate of drug-likeness (QED) is 0.872. The van der Waals surface area contributed by atoms with Gasteiger partial charge < -0.3 is 5.73 Å². The summed E-state index contributed by atoms with van der Waals surface area (Å²) >= 11 is 0. The lowest BCUT2D eigenvalue weighted by atomic mass is 10.1. The molecular weight excluding hydrogens is 269 g/mol. The minimum atomic E-state index is -4.33. The Bertz CT molecular complexity index is 616. The van der Waals surface area contributed by atoms with Crippen LogP contribution in [0.15, 0.2) is 24.3 Å². The molecule has 0 radical (unpaired) electrons. The number of hydrogen-bond acceptors (Lipinski definition) is 3. The van der Waals surface area contributed by atoms with Crippen molar-refractivity contribution >= 4 is 0 Å². The summed E-state index contributed by atoms with van der Waals surface area (Å²) in [6.45, 7) is 0.600. The molecule has 2 aromatic rings. The summed E-state index contributed by atoms with van der Waals surface area (Å²) in [7, 11) is 0. The van der Waals surface area contributed by atoms with Gasteiger partial charge in [0.1, 0.15) is 5.82 Å². The minimum Gasteiger partial charge on any atom is -0.326 e. The first-order valence-electron chi connectivity index (χ1n) is 6.30. The summed E-state index contributed by atoms with van der Waals surface area (Å²) in [4.78, 5) is 4.36. The second kappa shape index (κ2) is 4.59. The van der Waals surface area contributed by atoms with Crippen molar-refractivity contribution in [2.75, 3.05) is 0 Å². The van der Waals surface area contributed by atoms with E-state index >= 15 is 0 Å². The van der Waals surface area contributed by atoms with Crippen LogP contribution in [0.2, 0.25) is 0 Å². The van der Waals surface area contributed by atoms with Crippen LogP contribution >= 0.6 is 0 Å². The second-order valence-electron chi connectivity index (χ2n) is 4.91. The van der Waals surface area contributed by atoms with E-state index in [4.69, 9.17) is 5.73 Å². The van der Waals surface area contributed by atoms with Crippen LogP contribution in [0.4, 0.5) is 13.2 Å². The van der Waals surface area contributed by atoms with Gasteiger partial charge in [-0.2, -0.15) is 18.3 Å². The smallest absolute Gasteiger partial charge is 0.326 e. The second-order valence-corrected chi connectivity index (χ2v) is 4.91. The van der Waals surface area contributed by atoms with E-state index < -0.39 is 11.7 Å². The third-order valence-electron chi connectivity index (χ3n) is 3.36. The number of aryl methyl sites for hydroxylation is 1. The van der Waals surface area contributed by atoms with E-state index in [0.717, 1.165) is 30.8 Å². The molecule has 0 fully saturated rings. The van der Waals surface area contributed by atoms with Crippen LogP contribution in [-0.2, 0) is 19.1 Å². The maximum atomic E-state index is 12.5. The summed E-state index contributed by atoms with van der Waals surface area (Å²) in [5.74, 6) is 1.28. The van der Waals surface area contributed by atoms with E-state index in [1.807, 2.05) is 0 Å². The van der Waals surface area contributed by atoms with E-state index in [0.29, 0.717) is 17.9 Å². The van der Waals surface area contributed by atoms with Crippen molar-refractivity contribution in [2.45, 2.75) is 31.6 Å². The molecule has 3 rings (SSSR count). The molecule has 0 aliphatic carbocycles. The third kappa shape index (κ3) is 2.40. The number of rotatable bonds is 1. The summed E-state index contributed by atoms with van der Waals surface area (Å²) in [5, 5.41) is 4.31. The highest BCUT2D eigenvalue weighted by Crippen LogP contribution is 2.30. The van der Waals surface area contributed by atoms with Crippen LogP contribution in [0.3, 0.4) is 0 Å². The zero-order valence-corrected chi connectivity index (χ0v) is 10.6. The lowest BCUT2D eigenvalue weighted by molar-refractivity contribution is -0.137. The fourth-order valence-corrected chi connectivity index (χ4v) is 2.26. The van der Waals surface area contributed by atoms with Gasteiger partial charge in [-0.25, -0.2) is 9.67 Å². The van der Waals surface area contributed by atoms with Crippen LogP contribution in [-0.4, -0.2) is 20.8 Å². The predicted octanol–water partition coefficient (Wildman–Crippen LogP) is 2.24. The SMILES string of the molecule is NC1CCc2nc(-c3ccc(C(F)(F)F)cc3)nn2C1. The van der Waals surface area contributed by atoms with Crippen molar-refractivity contribution in [3.05, 3.63) is 35.7 Å². The van der Waals surface area contributed by atoms with Crippen LogP contribution in [0.1, 0.15) is 17.8 Å². The van der Waals surface area contributed by atoms with Gasteiger partial charge in [0.05, 0.1) is 12.1 Å². The molecule has 0 saturated carbocycles. The molecule has 20 heavy (non-hydrogen) atoms. The summed E-state index contributed by atoms with van der Waals surface area (Å²) in [5.41, 5.74) is 5.76. The number of alkyl halides is 3. The Hall–Kier alpha value is -1.89. The molecule has 2 N–H and O–H groups in total. The number of benzene rings is 1. The van der Waals surface area contributed by atoms with Crippen molar-refractivity contribution < 1.29 is 13.2 Å². The Morgan fingerprint density at radius 3 is 2.55 bits per heavy atom. The molecule has 1 atom stereocenters. The lowest BCUT2D eigenvalue weighted by Crippen LogP contribution is -2.32. The maximum Gasteiger partial charge on any atom is 0.416 e. The average Bonchev–Trinajstić information content (AvgIpc) is 2.80. The van der Waals surface area contributed by atoms with Gasteiger partial charge in [-0.3, -0.25) is 0 Å². The van der Waals surface area contributed by atoms with Gasteiger partial charge in [0.15, 0.2) is 5.82 Å². The maximum absolute atomic E-state index is 12.5. The van der Waals surface area contributed by atoms with Crippen molar-refractivity contribution in [2.24, 2.45) is 5.73 Å². The molecule has 7 heteroatoms. The number of halogens is 3. The van der Waals surface area contributed by atoms with Gasteiger partial charge in [0.2, 0.25) is 0 Å². The first-order chi connectivity index (χ1) is 9.43. The molecule has 0 bridgehead atoms. The number of fused-ring (bicyclic) bond motifs is 1. The number of hydrogen-bond donors (Lipinski definition) is 1. The highest BCUT2D eigenvalue weighted by molar-refractivity contribution is 5.55. The Balaban J connectivity index is 1.90. The van der Waals surface area contributed by atoms with E-state index in [-0.39, 0.29) is 6.04 Å².